The van der Waals surface area contributed by atoms with Crippen molar-refractivity contribution >= 4 is 29.3 Å². The van der Waals surface area contributed by atoms with Gasteiger partial charge in [-0.2, -0.15) is 0 Å². The number of fused-ring (bicyclic) bond motifs is 1. The van der Waals surface area contributed by atoms with Gasteiger partial charge >= 0.3 is 0 Å². The number of hydrogen-bond donors (Lipinski definition) is 2. The first-order valence-electron chi connectivity index (χ1n) is 10.9. The summed E-state index contributed by atoms with van der Waals surface area (Å²) in [7, 11) is 0. The van der Waals surface area contributed by atoms with Crippen LogP contribution in [0.4, 0.5) is 4.39 Å². The Hall–Kier alpha value is -2.71. The zero-order chi connectivity index (χ0) is 21.4. The number of carbonyl (C=O) groups is 1. The molecule has 0 spiro atoms. The Morgan fingerprint density at radius 2 is 2.03 bits per heavy atom. The monoisotopic (exact) mass is 459 g/mol. The van der Waals surface area contributed by atoms with Crippen molar-refractivity contribution in [3.63, 3.8) is 0 Å². The van der Waals surface area contributed by atoms with Gasteiger partial charge in [-0.25, -0.2) is 19.4 Å². The van der Waals surface area contributed by atoms with Crippen molar-refractivity contribution in [2.45, 2.75) is 39.0 Å². The minimum Gasteiger partial charge on any atom is -0.493 e. The number of aromatic amines is 1. The van der Waals surface area contributed by atoms with Crippen LogP contribution in [-0.4, -0.2) is 45.6 Å². The maximum atomic E-state index is 14.1. The summed E-state index contributed by atoms with van der Waals surface area (Å²) >= 11 is 0. The fraction of sp³-hybridized carbons (Fsp3) is 0.435. The van der Waals surface area contributed by atoms with E-state index in [4.69, 9.17) is 4.74 Å². The van der Waals surface area contributed by atoms with E-state index in [0.717, 1.165) is 25.9 Å². The lowest BCUT2D eigenvalue weighted by atomic mass is 10.1. The number of halogens is 2. The topological polar surface area (TPSA) is 83.1 Å². The lowest BCUT2D eigenvalue weighted by Crippen LogP contribution is -2.45. The van der Waals surface area contributed by atoms with Gasteiger partial charge in [-0.3, -0.25) is 10.2 Å². The minimum absolute atomic E-state index is 0. The number of piperidine rings is 1. The van der Waals surface area contributed by atoms with Crippen LogP contribution in [0.5, 0.6) is 5.75 Å². The summed E-state index contributed by atoms with van der Waals surface area (Å²) in [5.74, 6) is 0.590. The minimum atomic E-state index is -0.369. The maximum absolute atomic E-state index is 14.1. The molecule has 1 aliphatic heterocycles. The van der Waals surface area contributed by atoms with Gasteiger partial charge in [-0.1, -0.05) is 6.42 Å². The zero-order valence-corrected chi connectivity index (χ0v) is 18.8. The van der Waals surface area contributed by atoms with Gasteiger partial charge in [0.2, 0.25) is 0 Å². The van der Waals surface area contributed by atoms with Crippen LogP contribution >= 0.6 is 12.4 Å². The van der Waals surface area contributed by atoms with Gasteiger partial charge < -0.3 is 9.72 Å². The van der Waals surface area contributed by atoms with E-state index in [9.17, 15) is 9.18 Å². The molecule has 1 amide bonds. The summed E-state index contributed by atoms with van der Waals surface area (Å²) in [5.41, 5.74) is 6.39. The molecule has 9 heteroatoms. The van der Waals surface area contributed by atoms with E-state index in [0.29, 0.717) is 51.8 Å². The third kappa shape index (κ3) is 4.56. The van der Waals surface area contributed by atoms with Crippen LogP contribution in [0, 0.1) is 18.7 Å². The second-order valence-electron chi connectivity index (χ2n) is 8.45. The Bertz CT molecular complexity index is 1130. The second-order valence-corrected chi connectivity index (χ2v) is 8.45. The van der Waals surface area contributed by atoms with E-state index >= 15 is 0 Å². The Kier molecular flexibility index (Phi) is 6.62. The molecule has 1 aliphatic carbocycles. The third-order valence-electron chi connectivity index (χ3n) is 5.98. The lowest BCUT2D eigenvalue weighted by molar-refractivity contribution is 0.0751. The second kappa shape index (κ2) is 9.42. The van der Waals surface area contributed by atoms with Crippen molar-refractivity contribution in [3.05, 3.63) is 41.6 Å². The van der Waals surface area contributed by atoms with Crippen LogP contribution in [0.25, 0.3) is 22.3 Å². The van der Waals surface area contributed by atoms with Crippen molar-refractivity contribution in [3.8, 4) is 17.0 Å². The molecule has 2 aromatic heterocycles. The molecule has 0 unspecified atom stereocenters. The first-order chi connectivity index (χ1) is 15.1. The van der Waals surface area contributed by atoms with Gasteiger partial charge in [0, 0.05) is 24.3 Å². The van der Waals surface area contributed by atoms with Crippen LogP contribution in [0.3, 0.4) is 0 Å². The van der Waals surface area contributed by atoms with Crippen LogP contribution in [-0.2, 0) is 0 Å². The SMILES string of the molecule is Cc1[nH]c2c(-c3cc(F)ccc3OCC3CC3)ncnc2c1C(=O)NN1CCCCC1.Cl. The van der Waals surface area contributed by atoms with Crippen molar-refractivity contribution in [1.29, 1.82) is 0 Å². The number of aryl methyl sites for hydroxylation is 1. The fourth-order valence-corrected chi connectivity index (χ4v) is 4.11. The Balaban J connectivity index is 0.00000245. The van der Waals surface area contributed by atoms with E-state index in [1.54, 1.807) is 6.07 Å². The molecule has 2 N–H and O–H groups in total. The fourth-order valence-electron chi connectivity index (χ4n) is 4.11. The highest BCUT2D eigenvalue weighted by Gasteiger charge is 2.25. The van der Waals surface area contributed by atoms with E-state index in [1.165, 1.54) is 37.7 Å². The number of hydrazine groups is 1. The van der Waals surface area contributed by atoms with E-state index in [1.807, 2.05) is 11.9 Å². The molecule has 3 heterocycles. The van der Waals surface area contributed by atoms with Gasteiger partial charge in [0.1, 0.15) is 29.1 Å². The van der Waals surface area contributed by atoms with Crippen LogP contribution < -0.4 is 10.2 Å². The van der Waals surface area contributed by atoms with Crippen molar-refractivity contribution in [1.82, 2.24) is 25.4 Å². The highest BCUT2D eigenvalue weighted by molar-refractivity contribution is 6.09. The molecule has 0 radical (unpaired) electrons. The first-order valence-corrected chi connectivity index (χ1v) is 10.9. The van der Waals surface area contributed by atoms with E-state index in [-0.39, 0.29) is 24.1 Å². The predicted octanol–water partition coefficient (Wildman–Crippen LogP) is 4.41. The molecular formula is C23H27ClFN5O2. The number of aromatic nitrogens is 3. The van der Waals surface area contributed by atoms with Gasteiger partial charge in [0.05, 0.1) is 17.7 Å². The number of H-pyrrole nitrogens is 1. The average Bonchev–Trinajstić information content (AvgIpc) is 3.53. The summed E-state index contributed by atoms with van der Waals surface area (Å²) in [6, 6.07) is 4.45. The highest BCUT2D eigenvalue weighted by atomic mass is 35.5. The van der Waals surface area contributed by atoms with E-state index in [2.05, 4.69) is 20.4 Å². The molecule has 7 nitrogen and oxygen atoms in total. The summed E-state index contributed by atoms with van der Waals surface area (Å²) in [6.45, 7) is 4.14. The number of carbonyl (C=O) groups excluding carboxylic acids is 1. The summed E-state index contributed by atoms with van der Waals surface area (Å²) in [5, 5.41) is 1.96. The molecular weight excluding hydrogens is 433 g/mol. The molecule has 1 saturated heterocycles. The summed E-state index contributed by atoms with van der Waals surface area (Å²) < 4.78 is 20.1. The first kappa shape index (κ1) is 22.5. The van der Waals surface area contributed by atoms with Crippen LogP contribution in [0.15, 0.2) is 24.5 Å². The summed E-state index contributed by atoms with van der Waals surface area (Å²) in [6.07, 6.45) is 7.08. The predicted molar refractivity (Wildman–Crippen MR) is 122 cm³/mol. The number of hydrogen-bond acceptors (Lipinski definition) is 5. The smallest absolute Gasteiger partial charge is 0.269 e. The standard InChI is InChI=1S/C23H26FN5O2.ClH/c1-14-19(23(30)28-29-9-3-2-4-10-29)21-22(27-14)20(25-13-26-21)17-11-16(24)7-8-18(17)31-12-15-5-6-15;/h7-8,11,13,15,27H,2-6,9-10,12H2,1H3,(H,28,30);1H. The third-order valence-corrected chi connectivity index (χ3v) is 5.98. The number of nitrogens with zero attached hydrogens (tertiary/aromatic N) is 3. The number of amides is 1. The molecule has 3 aromatic rings. The lowest BCUT2D eigenvalue weighted by Gasteiger charge is -2.26. The van der Waals surface area contributed by atoms with Crippen molar-refractivity contribution in [2.24, 2.45) is 5.92 Å². The molecule has 1 saturated carbocycles. The van der Waals surface area contributed by atoms with Crippen LogP contribution in [0.2, 0.25) is 0 Å². The van der Waals surface area contributed by atoms with Gasteiger partial charge in [-0.15, -0.1) is 12.4 Å². The van der Waals surface area contributed by atoms with E-state index < -0.39 is 0 Å². The normalized spacial score (nSPS) is 16.6. The van der Waals surface area contributed by atoms with Crippen molar-refractivity contribution in [2.75, 3.05) is 19.7 Å². The number of rotatable bonds is 6. The molecule has 0 atom stereocenters. The number of ether oxygens (including phenoxy) is 1. The Morgan fingerprint density at radius 3 is 2.78 bits per heavy atom. The quantitative estimate of drug-likeness (QED) is 0.570. The zero-order valence-electron chi connectivity index (χ0n) is 18.0. The molecule has 5 rings (SSSR count). The van der Waals surface area contributed by atoms with Gasteiger partial charge in [0.25, 0.3) is 5.91 Å². The molecule has 1 aromatic carbocycles. The number of nitrogens with one attached hydrogen (secondary N) is 2. The van der Waals surface area contributed by atoms with Crippen molar-refractivity contribution < 1.29 is 13.9 Å². The Labute approximate surface area is 192 Å². The molecule has 2 fully saturated rings. The molecule has 0 bridgehead atoms. The maximum Gasteiger partial charge on any atom is 0.269 e. The highest BCUT2D eigenvalue weighted by Crippen LogP contribution is 2.36. The van der Waals surface area contributed by atoms with Gasteiger partial charge in [0.15, 0.2) is 0 Å². The van der Waals surface area contributed by atoms with Crippen LogP contribution in [0.1, 0.15) is 48.2 Å². The largest absolute Gasteiger partial charge is 0.493 e. The molecule has 2 aliphatic rings. The van der Waals surface area contributed by atoms with Gasteiger partial charge in [-0.05, 0) is 56.7 Å². The number of benzene rings is 1. The average molecular weight is 460 g/mol. The molecule has 32 heavy (non-hydrogen) atoms. The Morgan fingerprint density at radius 1 is 1.25 bits per heavy atom. The molecule has 170 valence electrons. The summed E-state index contributed by atoms with van der Waals surface area (Å²) in [4.78, 5) is 25.1.